The Labute approximate surface area is 147 Å². The molecule has 0 radical (unpaired) electrons. The van der Waals surface area contributed by atoms with Crippen molar-refractivity contribution in [1.29, 1.82) is 0 Å². The van der Waals surface area contributed by atoms with Crippen LogP contribution in [0.4, 0.5) is 0 Å². The van der Waals surface area contributed by atoms with Crippen LogP contribution in [0.2, 0.25) is 5.02 Å². The Balaban J connectivity index is 0.00000192. The first kappa shape index (κ1) is 18.2. The van der Waals surface area contributed by atoms with E-state index in [0.717, 1.165) is 31.7 Å². The van der Waals surface area contributed by atoms with Gasteiger partial charge in [0.1, 0.15) is 0 Å². The maximum atomic E-state index is 5.90. The average molecular weight is 357 g/mol. The van der Waals surface area contributed by atoms with Gasteiger partial charge >= 0.3 is 0 Å². The van der Waals surface area contributed by atoms with Crippen molar-refractivity contribution in [1.82, 2.24) is 20.4 Å². The first-order valence-corrected chi connectivity index (χ1v) is 8.08. The number of rotatable bonds is 5. The highest BCUT2D eigenvalue weighted by Gasteiger charge is 2.21. The predicted octanol–water partition coefficient (Wildman–Crippen LogP) is 3.24. The second-order valence-corrected chi connectivity index (χ2v) is 6.26. The minimum absolute atomic E-state index is 0. The van der Waals surface area contributed by atoms with Gasteiger partial charge in [0, 0.05) is 17.1 Å². The van der Waals surface area contributed by atoms with Crippen molar-refractivity contribution in [3.63, 3.8) is 0 Å². The summed E-state index contributed by atoms with van der Waals surface area (Å²) in [5.74, 6) is 2.00. The second kappa shape index (κ2) is 8.64. The molecule has 0 aliphatic carbocycles. The van der Waals surface area contributed by atoms with Crippen LogP contribution in [0.5, 0.6) is 0 Å². The van der Waals surface area contributed by atoms with Crippen LogP contribution >= 0.6 is 24.0 Å². The number of benzene rings is 1. The molecule has 1 fully saturated rings. The summed E-state index contributed by atoms with van der Waals surface area (Å²) in [5, 5.41) is 8.04. The SMILES string of the molecule is CNCC1CCCN(Cc2nc(-c3ccc(Cl)cc3)no2)C1.Cl. The van der Waals surface area contributed by atoms with Gasteiger partial charge in [-0.15, -0.1) is 12.4 Å². The molecule has 1 unspecified atom stereocenters. The Morgan fingerprint density at radius 3 is 2.87 bits per heavy atom. The van der Waals surface area contributed by atoms with E-state index < -0.39 is 0 Å². The zero-order valence-electron chi connectivity index (χ0n) is 13.2. The van der Waals surface area contributed by atoms with E-state index in [1.165, 1.54) is 12.8 Å². The molecule has 23 heavy (non-hydrogen) atoms. The molecule has 2 heterocycles. The zero-order chi connectivity index (χ0) is 15.4. The molecule has 1 aromatic heterocycles. The zero-order valence-corrected chi connectivity index (χ0v) is 14.7. The van der Waals surface area contributed by atoms with Crippen LogP contribution in [0.3, 0.4) is 0 Å². The second-order valence-electron chi connectivity index (χ2n) is 5.82. The van der Waals surface area contributed by atoms with Gasteiger partial charge in [0.2, 0.25) is 11.7 Å². The summed E-state index contributed by atoms with van der Waals surface area (Å²) in [6, 6.07) is 7.47. The van der Waals surface area contributed by atoms with E-state index in [9.17, 15) is 0 Å². The average Bonchev–Trinajstić information content (AvgIpc) is 2.97. The fourth-order valence-electron chi connectivity index (χ4n) is 2.98. The van der Waals surface area contributed by atoms with Gasteiger partial charge in [-0.2, -0.15) is 4.98 Å². The number of likely N-dealkylation sites (tertiary alicyclic amines) is 1. The molecule has 1 atom stereocenters. The van der Waals surface area contributed by atoms with Crippen LogP contribution in [0, 0.1) is 5.92 Å². The summed E-state index contributed by atoms with van der Waals surface area (Å²) >= 11 is 5.90. The van der Waals surface area contributed by atoms with Crippen molar-refractivity contribution in [2.75, 3.05) is 26.7 Å². The van der Waals surface area contributed by atoms with Crippen molar-refractivity contribution in [3.8, 4) is 11.4 Å². The van der Waals surface area contributed by atoms with Crippen molar-refractivity contribution in [2.24, 2.45) is 5.92 Å². The molecule has 5 nitrogen and oxygen atoms in total. The molecule has 0 bridgehead atoms. The number of piperidine rings is 1. The van der Waals surface area contributed by atoms with Crippen molar-refractivity contribution >= 4 is 24.0 Å². The van der Waals surface area contributed by atoms with E-state index in [1.54, 1.807) is 0 Å². The normalized spacial score (nSPS) is 18.6. The van der Waals surface area contributed by atoms with Gasteiger partial charge in [0.25, 0.3) is 0 Å². The van der Waals surface area contributed by atoms with Crippen LogP contribution in [0.25, 0.3) is 11.4 Å². The van der Waals surface area contributed by atoms with Crippen molar-refractivity contribution < 1.29 is 4.52 Å². The fourth-order valence-corrected chi connectivity index (χ4v) is 3.10. The van der Waals surface area contributed by atoms with Crippen LogP contribution in [-0.2, 0) is 6.54 Å². The fraction of sp³-hybridized carbons (Fsp3) is 0.500. The Bertz CT molecular complexity index is 600. The number of aromatic nitrogens is 2. The lowest BCUT2D eigenvalue weighted by molar-refractivity contribution is 0.149. The maximum Gasteiger partial charge on any atom is 0.241 e. The third-order valence-electron chi connectivity index (χ3n) is 4.03. The van der Waals surface area contributed by atoms with Crippen molar-refractivity contribution in [2.45, 2.75) is 19.4 Å². The molecule has 1 aromatic carbocycles. The van der Waals surface area contributed by atoms with Gasteiger partial charge in [-0.05, 0) is 63.2 Å². The Kier molecular flexibility index (Phi) is 6.84. The number of nitrogens with zero attached hydrogens (tertiary/aromatic N) is 3. The van der Waals surface area contributed by atoms with Gasteiger partial charge < -0.3 is 9.84 Å². The standard InChI is InChI=1S/C16H21ClN4O.ClH/c1-18-9-12-3-2-8-21(10-12)11-15-19-16(20-22-15)13-4-6-14(17)7-5-13;/h4-7,12,18H,2-3,8-11H2,1H3;1H. The number of hydrogen-bond donors (Lipinski definition) is 1. The lowest BCUT2D eigenvalue weighted by Gasteiger charge is -2.31. The van der Waals surface area contributed by atoms with Crippen LogP contribution < -0.4 is 5.32 Å². The summed E-state index contributed by atoms with van der Waals surface area (Å²) in [4.78, 5) is 6.89. The quantitative estimate of drug-likeness (QED) is 0.890. The van der Waals surface area contributed by atoms with Gasteiger partial charge in [-0.25, -0.2) is 0 Å². The lowest BCUT2D eigenvalue weighted by Crippen LogP contribution is -2.38. The summed E-state index contributed by atoms with van der Waals surface area (Å²) in [5.41, 5.74) is 0.922. The molecule has 0 saturated carbocycles. The molecular weight excluding hydrogens is 335 g/mol. The van der Waals surface area contributed by atoms with E-state index >= 15 is 0 Å². The summed E-state index contributed by atoms with van der Waals surface area (Å²) in [6.45, 7) is 3.97. The largest absolute Gasteiger partial charge is 0.338 e. The highest BCUT2D eigenvalue weighted by molar-refractivity contribution is 6.30. The summed E-state index contributed by atoms with van der Waals surface area (Å²) in [6.07, 6.45) is 2.52. The summed E-state index contributed by atoms with van der Waals surface area (Å²) < 4.78 is 5.40. The minimum atomic E-state index is 0. The van der Waals surface area contributed by atoms with Gasteiger partial charge in [0.15, 0.2) is 0 Å². The molecule has 1 aliphatic heterocycles. The monoisotopic (exact) mass is 356 g/mol. The first-order valence-electron chi connectivity index (χ1n) is 7.70. The first-order chi connectivity index (χ1) is 10.7. The maximum absolute atomic E-state index is 5.90. The third kappa shape index (κ3) is 4.91. The Hall–Kier alpha value is -1.14. The molecule has 0 spiro atoms. The van der Waals surface area contributed by atoms with E-state index in [4.69, 9.17) is 16.1 Å². The molecule has 7 heteroatoms. The number of nitrogens with one attached hydrogen (secondary N) is 1. The van der Waals surface area contributed by atoms with Crippen LogP contribution in [0.15, 0.2) is 28.8 Å². The van der Waals surface area contributed by atoms with E-state index in [1.807, 2.05) is 31.3 Å². The molecular formula is C16H22Cl2N4O. The lowest BCUT2D eigenvalue weighted by atomic mass is 9.98. The highest BCUT2D eigenvalue weighted by Crippen LogP contribution is 2.21. The molecule has 1 saturated heterocycles. The molecule has 1 N–H and O–H groups in total. The Morgan fingerprint density at radius 2 is 2.13 bits per heavy atom. The van der Waals surface area contributed by atoms with E-state index in [-0.39, 0.29) is 12.4 Å². The van der Waals surface area contributed by atoms with Gasteiger partial charge in [0.05, 0.1) is 6.54 Å². The smallest absolute Gasteiger partial charge is 0.241 e. The number of halogens is 2. The van der Waals surface area contributed by atoms with Crippen LogP contribution in [-0.4, -0.2) is 41.7 Å². The van der Waals surface area contributed by atoms with Gasteiger partial charge in [-0.1, -0.05) is 16.8 Å². The summed E-state index contributed by atoms with van der Waals surface area (Å²) in [7, 11) is 2.01. The van der Waals surface area contributed by atoms with E-state index in [2.05, 4.69) is 20.4 Å². The predicted molar refractivity (Wildman–Crippen MR) is 93.9 cm³/mol. The highest BCUT2D eigenvalue weighted by atomic mass is 35.5. The molecule has 3 rings (SSSR count). The topological polar surface area (TPSA) is 54.2 Å². The van der Waals surface area contributed by atoms with Crippen molar-refractivity contribution in [3.05, 3.63) is 35.2 Å². The molecule has 2 aromatic rings. The number of hydrogen-bond acceptors (Lipinski definition) is 5. The Morgan fingerprint density at radius 1 is 1.35 bits per heavy atom. The molecule has 1 aliphatic rings. The third-order valence-corrected chi connectivity index (χ3v) is 4.28. The van der Waals surface area contributed by atoms with Gasteiger partial charge in [-0.3, -0.25) is 4.90 Å². The van der Waals surface area contributed by atoms with E-state index in [0.29, 0.717) is 22.7 Å². The molecule has 126 valence electrons. The van der Waals surface area contributed by atoms with Crippen LogP contribution in [0.1, 0.15) is 18.7 Å². The minimum Gasteiger partial charge on any atom is -0.338 e. The molecule has 0 amide bonds.